The van der Waals surface area contributed by atoms with Gasteiger partial charge in [-0.15, -0.1) is 0 Å². The van der Waals surface area contributed by atoms with Gasteiger partial charge in [0.05, 0.1) is 12.2 Å². The minimum Gasteiger partial charge on any atom is -0.463 e. The van der Waals surface area contributed by atoms with Crippen molar-refractivity contribution in [3.8, 4) is 0 Å². The van der Waals surface area contributed by atoms with Crippen molar-refractivity contribution in [2.45, 2.75) is 19.9 Å². The van der Waals surface area contributed by atoms with Crippen LogP contribution in [-0.4, -0.2) is 24.0 Å². The first-order chi connectivity index (χ1) is 8.29. The Hall–Kier alpha value is -1.77. The molecule has 1 aliphatic rings. The zero-order valence-corrected chi connectivity index (χ0v) is 10.1. The van der Waals surface area contributed by atoms with E-state index in [-0.39, 0.29) is 5.97 Å². The molecule has 0 aliphatic carbocycles. The maximum atomic E-state index is 11.5. The van der Waals surface area contributed by atoms with Crippen LogP contribution in [0.15, 0.2) is 42.1 Å². The summed E-state index contributed by atoms with van der Waals surface area (Å²) < 4.78 is 4.99. The van der Waals surface area contributed by atoms with Crippen molar-refractivity contribution >= 4 is 5.97 Å². The fourth-order valence-electron chi connectivity index (χ4n) is 1.93. The van der Waals surface area contributed by atoms with Crippen molar-refractivity contribution < 1.29 is 9.53 Å². The van der Waals surface area contributed by atoms with E-state index in [9.17, 15) is 4.79 Å². The second kappa shape index (κ2) is 5.53. The number of rotatable bonds is 4. The SMILES string of the molecule is CCOC(=O)C1=CN(Cc2ccccc2)CC1. The Balaban J connectivity index is 1.95. The third kappa shape index (κ3) is 3.09. The zero-order chi connectivity index (χ0) is 12.1. The third-order valence-corrected chi connectivity index (χ3v) is 2.77. The minimum absolute atomic E-state index is 0.178. The molecule has 90 valence electrons. The first-order valence-corrected chi connectivity index (χ1v) is 5.95. The highest BCUT2D eigenvalue weighted by molar-refractivity contribution is 5.88. The van der Waals surface area contributed by atoms with Crippen LogP contribution in [0.1, 0.15) is 18.9 Å². The normalized spacial score (nSPS) is 14.6. The fourth-order valence-corrected chi connectivity index (χ4v) is 1.93. The van der Waals surface area contributed by atoms with Crippen molar-refractivity contribution in [1.29, 1.82) is 0 Å². The lowest BCUT2D eigenvalue weighted by molar-refractivity contribution is -0.138. The van der Waals surface area contributed by atoms with Gasteiger partial charge in [0.15, 0.2) is 0 Å². The Labute approximate surface area is 102 Å². The molecule has 0 saturated heterocycles. The summed E-state index contributed by atoms with van der Waals surface area (Å²) in [6.07, 6.45) is 2.71. The highest BCUT2D eigenvalue weighted by Crippen LogP contribution is 2.18. The highest BCUT2D eigenvalue weighted by atomic mass is 16.5. The molecule has 1 heterocycles. The minimum atomic E-state index is -0.178. The molecule has 0 unspecified atom stereocenters. The molecular weight excluding hydrogens is 214 g/mol. The summed E-state index contributed by atoms with van der Waals surface area (Å²) >= 11 is 0. The summed E-state index contributed by atoms with van der Waals surface area (Å²) in [5.41, 5.74) is 2.04. The van der Waals surface area contributed by atoms with Crippen LogP contribution >= 0.6 is 0 Å². The van der Waals surface area contributed by atoms with Crippen molar-refractivity contribution in [2.75, 3.05) is 13.2 Å². The molecule has 1 aromatic carbocycles. The first kappa shape index (κ1) is 11.7. The molecule has 17 heavy (non-hydrogen) atoms. The summed E-state index contributed by atoms with van der Waals surface area (Å²) in [4.78, 5) is 13.7. The molecule has 0 amide bonds. The summed E-state index contributed by atoms with van der Waals surface area (Å²) in [6.45, 7) is 4.01. The summed E-state index contributed by atoms with van der Waals surface area (Å²) in [7, 11) is 0. The topological polar surface area (TPSA) is 29.5 Å². The van der Waals surface area contributed by atoms with Gasteiger partial charge in [0, 0.05) is 19.3 Å². The molecular formula is C14H17NO2. The van der Waals surface area contributed by atoms with Crippen LogP contribution < -0.4 is 0 Å². The third-order valence-electron chi connectivity index (χ3n) is 2.77. The summed E-state index contributed by atoms with van der Waals surface area (Å²) in [5.74, 6) is -0.178. The van der Waals surface area contributed by atoms with Gasteiger partial charge in [-0.25, -0.2) is 4.79 Å². The Morgan fingerprint density at radius 1 is 1.35 bits per heavy atom. The number of benzene rings is 1. The fraction of sp³-hybridized carbons (Fsp3) is 0.357. The van der Waals surface area contributed by atoms with Crippen molar-refractivity contribution in [3.05, 3.63) is 47.7 Å². The van der Waals surface area contributed by atoms with Gasteiger partial charge in [-0.05, 0) is 18.9 Å². The van der Waals surface area contributed by atoms with E-state index in [1.165, 1.54) is 5.56 Å². The van der Waals surface area contributed by atoms with Crippen LogP contribution in [0.2, 0.25) is 0 Å². The number of hydrogen-bond donors (Lipinski definition) is 0. The van der Waals surface area contributed by atoms with Crippen LogP contribution in [0, 0.1) is 0 Å². The van der Waals surface area contributed by atoms with Crippen LogP contribution in [0.25, 0.3) is 0 Å². The highest BCUT2D eigenvalue weighted by Gasteiger charge is 2.19. The molecule has 1 aliphatic heterocycles. The lowest BCUT2D eigenvalue weighted by atomic mass is 10.2. The molecule has 3 nitrogen and oxygen atoms in total. The van der Waals surface area contributed by atoms with E-state index in [2.05, 4.69) is 17.0 Å². The van der Waals surface area contributed by atoms with Crippen molar-refractivity contribution in [2.24, 2.45) is 0 Å². The molecule has 1 aromatic rings. The van der Waals surface area contributed by atoms with Crippen LogP contribution in [0.4, 0.5) is 0 Å². The molecule has 0 N–H and O–H groups in total. The molecule has 0 fully saturated rings. The molecule has 0 spiro atoms. The molecule has 0 atom stereocenters. The second-order valence-electron chi connectivity index (χ2n) is 4.08. The summed E-state index contributed by atoms with van der Waals surface area (Å²) in [6, 6.07) is 10.3. The van der Waals surface area contributed by atoms with Crippen LogP contribution in [0.3, 0.4) is 0 Å². The van der Waals surface area contributed by atoms with Gasteiger partial charge in [0.1, 0.15) is 0 Å². The maximum absolute atomic E-state index is 11.5. The average molecular weight is 231 g/mol. The van der Waals surface area contributed by atoms with E-state index in [1.807, 2.05) is 31.3 Å². The van der Waals surface area contributed by atoms with E-state index in [0.29, 0.717) is 6.61 Å². The van der Waals surface area contributed by atoms with Gasteiger partial charge in [-0.2, -0.15) is 0 Å². The standard InChI is InChI=1S/C14H17NO2/c1-2-17-14(16)13-8-9-15(11-13)10-12-6-4-3-5-7-12/h3-7,11H,2,8-10H2,1H3. The number of hydrogen-bond acceptors (Lipinski definition) is 3. The quantitative estimate of drug-likeness (QED) is 0.745. The smallest absolute Gasteiger partial charge is 0.335 e. The number of esters is 1. The largest absolute Gasteiger partial charge is 0.463 e. The van der Waals surface area contributed by atoms with Gasteiger partial charge in [-0.1, -0.05) is 30.3 Å². The average Bonchev–Trinajstić information content (AvgIpc) is 2.79. The molecule has 3 heteroatoms. The first-order valence-electron chi connectivity index (χ1n) is 5.95. The summed E-state index contributed by atoms with van der Waals surface area (Å²) in [5, 5.41) is 0. The molecule has 2 rings (SSSR count). The lowest BCUT2D eigenvalue weighted by Gasteiger charge is -2.14. The number of nitrogens with zero attached hydrogens (tertiary/aromatic N) is 1. The Bertz CT molecular complexity index is 411. The van der Waals surface area contributed by atoms with Gasteiger partial charge >= 0.3 is 5.97 Å². The van der Waals surface area contributed by atoms with E-state index in [1.54, 1.807) is 0 Å². The predicted molar refractivity (Wildman–Crippen MR) is 66.2 cm³/mol. The van der Waals surface area contributed by atoms with Gasteiger partial charge < -0.3 is 9.64 Å². The molecule has 0 saturated carbocycles. The van der Waals surface area contributed by atoms with Gasteiger partial charge in [-0.3, -0.25) is 0 Å². The van der Waals surface area contributed by atoms with Crippen molar-refractivity contribution in [1.82, 2.24) is 4.90 Å². The number of ether oxygens (including phenoxy) is 1. The van der Waals surface area contributed by atoms with Crippen LogP contribution in [-0.2, 0) is 16.1 Å². The maximum Gasteiger partial charge on any atom is 0.335 e. The van der Waals surface area contributed by atoms with E-state index in [4.69, 9.17) is 4.74 Å². The molecule has 0 aromatic heterocycles. The van der Waals surface area contributed by atoms with Gasteiger partial charge in [0.2, 0.25) is 0 Å². The zero-order valence-electron chi connectivity index (χ0n) is 10.1. The molecule has 0 bridgehead atoms. The van der Waals surface area contributed by atoms with E-state index >= 15 is 0 Å². The number of carbonyl (C=O) groups excluding carboxylic acids is 1. The monoisotopic (exact) mass is 231 g/mol. The van der Waals surface area contributed by atoms with E-state index < -0.39 is 0 Å². The second-order valence-corrected chi connectivity index (χ2v) is 4.08. The Morgan fingerprint density at radius 3 is 2.82 bits per heavy atom. The lowest BCUT2D eigenvalue weighted by Crippen LogP contribution is -2.13. The van der Waals surface area contributed by atoms with Gasteiger partial charge in [0.25, 0.3) is 0 Å². The molecule has 0 radical (unpaired) electrons. The number of carbonyl (C=O) groups is 1. The Kier molecular flexibility index (Phi) is 3.81. The predicted octanol–water partition coefficient (Wildman–Crippen LogP) is 2.34. The van der Waals surface area contributed by atoms with Crippen LogP contribution in [0.5, 0.6) is 0 Å². The van der Waals surface area contributed by atoms with Crippen molar-refractivity contribution in [3.63, 3.8) is 0 Å². The Morgan fingerprint density at radius 2 is 2.12 bits per heavy atom. The van der Waals surface area contributed by atoms with E-state index in [0.717, 1.165) is 25.1 Å².